The average Bonchev–Trinajstić information content (AvgIpc) is 2.64. The molecule has 4 nitrogen and oxygen atoms in total. The van der Waals surface area contributed by atoms with Gasteiger partial charge in [0.05, 0.1) is 6.10 Å². The molecule has 0 amide bonds. The number of amidine groups is 1. The van der Waals surface area contributed by atoms with Gasteiger partial charge >= 0.3 is 0 Å². The van der Waals surface area contributed by atoms with Gasteiger partial charge in [0.25, 0.3) is 0 Å². The van der Waals surface area contributed by atoms with Crippen LogP contribution in [0.25, 0.3) is 0 Å². The molecule has 0 radical (unpaired) electrons. The fourth-order valence-electron chi connectivity index (χ4n) is 1.44. The first-order valence-corrected chi connectivity index (χ1v) is 4.98. The minimum atomic E-state index is 0.326. The normalized spacial score (nSPS) is 23.5. The Morgan fingerprint density at radius 3 is 3.08 bits per heavy atom. The van der Waals surface area contributed by atoms with Crippen LogP contribution < -0.4 is 11.3 Å². The molecule has 1 unspecified atom stereocenters. The van der Waals surface area contributed by atoms with Crippen molar-refractivity contribution in [1.82, 2.24) is 5.43 Å². The van der Waals surface area contributed by atoms with Crippen molar-refractivity contribution in [1.29, 1.82) is 0 Å². The van der Waals surface area contributed by atoms with Crippen LogP contribution in [-0.4, -0.2) is 25.1 Å². The summed E-state index contributed by atoms with van der Waals surface area (Å²) in [5.41, 5.74) is 2.63. The maximum Gasteiger partial charge on any atom is 0.113 e. The lowest BCUT2D eigenvalue weighted by molar-refractivity contribution is 0.116. The molecule has 0 aliphatic carbocycles. The highest BCUT2D eigenvalue weighted by Gasteiger charge is 2.17. The number of hydrazine groups is 1. The molecular formula is C9H19N3O. The summed E-state index contributed by atoms with van der Waals surface area (Å²) in [4.78, 5) is 4.32. The molecule has 0 aromatic rings. The van der Waals surface area contributed by atoms with Gasteiger partial charge in [0.2, 0.25) is 0 Å². The Morgan fingerprint density at radius 1 is 1.69 bits per heavy atom. The van der Waals surface area contributed by atoms with E-state index in [0.717, 1.165) is 44.7 Å². The van der Waals surface area contributed by atoms with Gasteiger partial charge in [-0.05, 0) is 19.3 Å². The third-order valence-corrected chi connectivity index (χ3v) is 2.14. The van der Waals surface area contributed by atoms with Crippen molar-refractivity contribution in [3.05, 3.63) is 0 Å². The van der Waals surface area contributed by atoms with Crippen LogP contribution in [0.1, 0.15) is 32.6 Å². The van der Waals surface area contributed by atoms with Crippen molar-refractivity contribution in [2.45, 2.75) is 38.7 Å². The highest BCUT2D eigenvalue weighted by molar-refractivity contribution is 5.82. The van der Waals surface area contributed by atoms with Crippen LogP contribution in [0.4, 0.5) is 0 Å². The molecule has 1 aliphatic rings. The van der Waals surface area contributed by atoms with Crippen molar-refractivity contribution in [3.63, 3.8) is 0 Å². The molecule has 1 atom stereocenters. The lowest BCUT2D eigenvalue weighted by Crippen LogP contribution is -2.33. The standard InChI is InChI=1S/C9H19N3O/c1-2-5-11-9(12-10)7-8-4-3-6-13-8/h8H,2-7,10H2,1H3,(H,11,12). The highest BCUT2D eigenvalue weighted by Crippen LogP contribution is 2.15. The lowest BCUT2D eigenvalue weighted by Gasteiger charge is -2.10. The first kappa shape index (κ1) is 10.5. The molecule has 1 rings (SSSR count). The number of ether oxygens (including phenoxy) is 1. The van der Waals surface area contributed by atoms with Gasteiger partial charge in [0.1, 0.15) is 5.84 Å². The number of rotatable bonds is 4. The molecule has 0 spiro atoms. The Labute approximate surface area is 79.5 Å². The van der Waals surface area contributed by atoms with Gasteiger partial charge in [0.15, 0.2) is 0 Å². The van der Waals surface area contributed by atoms with E-state index in [1.165, 1.54) is 0 Å². The van der Waals surface area contributed by atoms with Gasteiger partial charge in [-0.15, -0.1) is 0 Å². The third kappa shape index (κ3) is 3.74. The Balaban J connectivity index is 2.29. The molecule has 0 aromatic carbocycles. The van der Waals surface area contributed by atoms with Gasteiger partial charge in [-0.1, -0.05) is 6.92 Å². The molecule has 76 valence electrons. The van der Waals surface area contributed by atoms with E-state index in [9.17, 15) is 0 Å². The zero-order chi connectivity index (χ0) is 9.52. The summed E-state index contributed by atoms with van der Waals surface area (Å²) < 4.78 is 5.49. The summed E-state index contributed by atoms with van der Waals surface area (Å²) >= 11 is 0. The molecular weight excluding hydrogens is 166 g/mol. The van der Waals surface area contributed by atoms with E-state index < -0.39 is 0 Å². The third-order valence-electron chi connectivity index (χ3n) is 2.14. The Morgan fingerprint density at radius 2 is 2.54 bits per heavy atom. The fourth-order valence-corrected chi connectivity index (χ4v) is 1.44. The molecule has 1 aliphatic heterocycles. The van der Waals surface area contributed by atoms with Crippen molar-refractivity contribution >= 4 is 5.84 Å². The second-order valence-electron chi connectivity index (χ2n) is 3.31. The van der Waals surface area contributed by atoms with Gasteiger partial charge in [-0.25, -0.2) is 5.84 Å². The second-order valence-corrected chi connectivity index (χ2v) is 3.31. The Kier molecular flexibility index (Phi) is 4.78. The maximum absolute atomic E-state index is 5.49. The van der Waals surface area contributed by atoms with E-state index in [0.29, 0.717) is 6.10 Å². The quantitative estimate of drug-likeness (QED) is 0.295. The summed E-state index contributed by atoms with van der Waals surface area (Å²) in [5, 5.41) is 0. The van der Waals surface area contributed by atoms with E-state index in [2.05, 4.69) is 17.3 Å². The predicted octanol–water partition coefficient (Wildman–Crippen LogP) is 0.827. The average molecular weight is 185 g/mol. The molecule has 0 saturated carbocycles. The molecule has 0 bridgehead atoms. The first-order valence-electron chi connectivity index (χ1n) is 4.98. The van der Waals surface area contributed by atoms with Crippen LogP contribution >= 0.6 is 0 Å². The van der Waals surface area contributed by atoms with Gasteiger partial charge < -0.3 is 10.2 Å². The van der Waals surface area contributed by atoms with Crippen LogP contribution in [0.3, 0.4) is 0 Å². The van der Waals surface area contributed by atoms with Crippen LogP contribution in [-0.2, 0) is 4.74 Å². The Bertz CT molecular complexity index is 164. The number of hydrogen-bond acceptors (Lipinski definition) is 3. The van der Waals surface area contributed by atoms with E-state index in [4.69, 9.17) is 10.6 Å². The van der Waals surface area contributed by atoms with Crippen LogP contribution in [0.15, 0.2) is 4.99 Å². The summed E-state index contributed by atoms with van der Waals surface area (Å²) in [6.45, 7) is 3.83. The molecule has 4 heteroatoms. The summed E-state index contributed by atoms with van der Waals surface area (Å²) in [5.74, 6) is 6.22. The monoisotopic (exact) mass is 185 g/mol. The van der Waals surface area contributed by atoms with E-state index >= 15 is 0 Å². The zero-order valence-electron chi connectivity index (χ0n) is 8.25. The van der Waals surface area contributed by atoms with Gasteiger partial charge in [0, 0.05) is 19.6 Å². The van der Waals surface area contributed by atoms with Crippen molar-refractivity contribution in [2.24, 2.45) is 10.8 Å². The van der Waals surface area contributed by atoms with Crippen LogP contribution in [0.2, 0.25) is 0 Å². The lowest BCUT2D eigenvalue weighted by atomic mass is 10.2. The number of nitrogens with two attached hydrogens (primary N) is 1. The molecule has 1 heterocycles. The maximum atomic E-state index is 5.49. The van der Waals surface area contributed by atoms with E-state index in [1.807, 2.05) is 0 Å². The SMILES string of the molecule is CCCN=C(CC1CCCO1)NN. The minimum Gasteiger partial charge on any atom is -0.378 e. The van der Waals surface area contributed by atoms with Crippen molar-refractivity contribution < 1.29 is 4.74 Å². The number of nitrogens with zero attached hydrogens (tertiary/aromatic N) is 1. The predicted molar refractivity (Wildman–Crippen MR) is 53.5 cm³/mol. The summed E-state index contributed by atoms with van der Waals surface area (Å²) in [6, 6.07) is 0. The van der Waals surface area contributed by atoms with Crippen LogP contribution in [0, 0.1) is 0 Å². The highest BCUT2D eigenvalue weighted by atomic mass is 16.5. The fraction of sp³-hybridized carbons (Fsp3) is 0.889. The number of hydrogen-bond donors (Lipinski definition) is 2. The molecule has 1 fully saturated rings. The van der Waals surface area contributed by atoms with E-state index in [1.54, 1.807) is 0 Å². The zero-order valence-corrected chi connectivity index (χ0v) is 8.25. The molecule has 0 aromatic heterocycles. The molecule has 13 heavy (non-hydrogen) atoms. The van der Waals surface area contributed by atoms with E-state index in [-0.39, 0.29) is 0 Å². The largest absolute Gasteiger partial charge is 0.378 e. The molecule has 3 N–H and O–H groups in total. The smallest absolute Gasteiger partial charge is 0.113 e. The summed E-state index contributed by atoms with van der Waals surface area (Å²) in [7, 11) is 0. The number of nitrogens with one attached hydrogen (secondary N) is 1. The molecule has 1 saturated heterocycles. The minimum absolute atomic E-state index is 0.326. The second kappa shape index (κ2) is 5.94. The topological polar surface area (TPSA) is 59.6 Å². The van der Waals surface area contributed by atoms with Crippen molar-refractivity contribution in [3.8, 4) is 0 Å². The van der Waals surface area contributed by atoms with Gasteiger partial charge in [-0.3, -0.25) is 4.99 Å². The van der Waals surface area contributed by atoms with Crippen LogP contribution in [0.5, 0.6) is 0 Å². The first-order chi connectivity index (χ1) is 6.36. The number of aliphatic imine (C=N–C) groups is 1. The van der Waals surface area contributed by atoms with Crippen molar-refractivity contribution in [2.75, 3.05) is 13.2 Å². The Hall–Kier alpha value is -0.610. The van der Waals surface area contributed by atoms with Gasteiger partial charge in [-0.2, -0.15) is 0 Å². The summed E-state index contributed by atoms with van der Waals surface area (Å²) in [6.07, 6.45) is 4.50.